The molecule has 0 bridgehead atoms. The van der Waals surface area contributed by atoms with Crippen molar-refractivity contribution in [1.82, 2.24) is 9.88 Å². The number of aromatic nitrogens is 1. The maximum Gasteiger partial charge on any atom is 0.0931 e. The summed E-state index contributed by atoms with van der Waals surface area (Å²) in [6.45, 7) is 5.32. The Balaban J connectivity index is 1.88. The summed E-state index contributed by atoms with van der Waals surface area (Å²) in [6.07, 6.45) is 3.80. The van der Waals surface area contributed by atoms with Crippen LogP contribution in [0, 0.1) is 5.92 Å². The number of thiazole rings is 1. The number of nitrogens with two attached hydrogens (primary N) is 1. The molecule has 1 aromatic heterocycles. The highest BCUT2D eigenvalue weighted by Gasteiger charge is 2.18. The fourth-order valence-corrected chi connectivity index (χ4v) is 3.31. The van der Waals surface area contributed by atoms with E-state index < -0.39 is 0 Å². The molecule has 4 heteroatoms. The molecule has 1 aliphatic heterocycles. The maximum atomic E-state index is 5.67. The van der Waals surface area contributed by atoms with Gasteiger partial charge >= 0.3 is 0 Å². The van der Waals surface area contributed by atoms with Gasteiger partial charge < -0.3 is 10.6 Å². The quantitative estimate of drug-likeness (QED) is 0.893. The van der Waals surface area contributed by atoms with Crippen LogP contribution in [0.5, 0.6) is 0 Å². The van der Waals surface area contributed by atoms with Gasteiger partial charge in [0, 0.05) is 24.3 Å². The molecule has 2 heterocycles. The minimum absolute atomic E-state index is 0.400. The van der Waals surface area contributed by atoms with E-state index in [0.29, 0.717) is 12.5 Å². The van der Waals surface area contributed by atoms with Crippen LogP contribution in [0.4, 0.5) is 0 Å². The van der Waals surface area contributed by atoms with Crippen LogP contribution in [-0.4, -0.2) is 36.6 Å². The normalized spacial score (nSPS) is 20.6. The van der Waals surface area contributed by atoms with Gasteiger partial charge in [0.2, 0.25) is 0 Å². The first kappa shape index (κ1) is 13.0. The van der Waals surface area contributed by atoms with Crippen molar-refractivity contribution in [3.8, 4) is 0 Å². The van der Waals surface area contributed by atoms with Crippen LogP contribution < -0.4 is 5.73 Å². The molecule has 3 nitrogen and oxygen atoms in total. The topological polar surface area (TPSA) is 42.1 Å². The molecule has 1 saturated heterocycles. The molecular weight excluding hydrogens is 230 g/mol. The first-order valence-electron chi connectivity index (χ1n) is 6.52. The molecule has 0 spiro atoms. The third-order valence-corrected chi connectivity index (χ3v) is 4.62. The zero-order chi connectivity index (χ0) is 12.3. The van der Waals surface area contributed by atoms with Crippen LogP contribution >= 0.6 is 11.3 Å². The molecule has 0 amide bonds. The van der Waals surface area contributed by atoms with E-state index in [1.165, 1.54) is 36.6 Å². The number of hydrogen-bond acceptors (Lipinski definition) is 4. The Morgan fingerprint density at radius 1 is 1.53 bits per heavy atom. The van der Waals surface area contributed by atoms with E-state index in [0.717, 1.165) is 12.3 Å². The first-order valence-corrected chi connectivity index (χ1v) is 7.40. The van der Waals surface area contributed by atoms with Crippen molar-refractivity contribution in [2.24, 2.45) is 11.7 Å². The number of rotatable bonds is 4. The summed E-state index contributed by atoms with van der Waals surface area (Å²) in [5, 5.41) is 3.48. The summed E-state index contributed by atoms with van der Waals surface area (Å²) in [6, 6.07) is 0. The van der Waals surface area contributed by atoms with Crippen molar-refractivity contribution in [1.29, 1.82) is 0 Å². The monoisotopic (exact) mass is 253 g/mol. The molecule has 2 rings (SSSR count). The van der Waals surface area contributed by atoms with Gasteiger partial charge in [-0.15, -0.1) is 11.3 Å². The highest BCUT2D eigenvalue weighted by Crippen LogP contribution is 2.24. The molecule has 1 fully saturated rings. The van der Waals surface area contributed by atoms with Crippen molar-refractivity contribution in [3.05, 3.63) is 16.1 Å². The van der Waals surface area contributed by atoms with Gasteiger partial charge in [0.05, 0.1) is 10.7 Å². The van der Waals surface area contributed by atoms with Gasteiger partial charge in [0.15, 0.2) is 0 Å². The Bertz CT molecular complexity index is 342. The Labute approximate surface area is 108 Å². The Morgan fingerprint density at radius 2 is 2.24 bits per heavy atom. The first-order chi connectivity index (χ1) is 8.19. The summed E-state index contributed by atoms with van der Waals surface area (Å²) < 4.78 is 0. The number of hydrogen-bond donors (Lipinski definition) is 1. The molecule has 0 radical (unpaired) electrons. The maximum absolute atomic E-state index is 5.67. The smallest absolute Gasteiger partial charge is 0.0931 e. The van der Waals surface area contributed by atoms with Crippen molar-refractivity contribution in [3.63, 3.8) is 0 Å². The molecule has 1 atom stereocenters. The summed E-state index contributed by atoms with van der Waals surface area (Å²) in [4.78, 5) is 7.14. The largest absolute Gasteiger partial charge is 0.330 e. The standard InChI is InChI=1S/C13H23N3S/c1-10(8-14)12-9-17-13(15-12)7-11-3-5-16(2)6-4-11/h9-11H,3-8,14H2,1-2H3. The van der Waals surface area contributed by atoms with E-state index in [-0.39, 0.29) is 0 Å². The van der Waals surface area contributed by atoms with E-state index in [1.807, 2.05) is 11.3 Å². The molecule has 1 aliphatic rings. The van der Waals surface area contributed by atoms with Gasteiger partial charge in [-0.3, -0.25) is 0 Å². The molecule has 0 aromatic carbocycles. The molecule has 0 saturated carbocycles. The lowest BCUT2D eigenvalue weighted by Crippen LogP contribution is -2.30. The second kappa shape index (κ2) is 5.94. The SMILES string of the molecule is CC(CN)c1csc(CC2CCN(C)CC2)n1. The summed E-state index contributed by atoms with van der Waals surface area (Å²) >= 11 is 1.81. The molecule has 1 unspecified atom stereocenters. The van der Waals surface area contributed by atoms with Gasteiger partial charge in [-0.1, -0.05) is 6.92 Å². The second-order valence-corrected chi connectivity index (χ2v) is 6.20. The predicted molar refractivity (Wildman–Crippen MR) is 73.5 cm³/mol. The van der Waals surface area contributed by atoms with E-state index in [1.54, 1.807) is 0 Å². The van der Waals surface area contributed by atoms with Gasteiger partial charge in [-0.25, -0.2) is 4.98 Å². The fourth-order valence-electron chi connectivity index (χ4n) is 2.28. The highest BCUT2D eigenvalue weighted by atomic mass is 32.1. The van der Waals surface area contributed by atoms with Crippen molar-refractivity contribution >= 4 is 11.3 Å². The molecule has 2 N–H and O–H groups in total. The van der Waals surface area contributed by atoms with Gasteiger partial charge in [-0.2, -0.15) is 0 Å². The zero-order valence-electron chi connectivity index (χ0n) is 10.9. The van der Waals surface area contributed by atoms with Crippen molar-refractivity contribution < 1.29 is 0 Å². The predicted octanol–water partition coefficient (Wildman–Crippen LogP) is 2.09. The number of likely N-dealkylation sites (tertiary alicyclic amines) is 1. The van der Waals surface area contributed by atoms with Crippen LogP contribution in [0.15, 0.2) is 5.38 Å². The summed E-state index contributed by atoms with van der Waals surface area (Å²) in [5.74, 6) is 1.23. The van der Waals surface area contributed by atoms with Crippen LogP contribution in [0.1, 0.15) is 36.4 Å². The van der Waals surface area contributed by atoms with Crippen molar-refractivity contribution in [2.45, 2.75) is 32.1 Å². The molecule has 0 aliphatic carbocycles. The molecule has 1 aromatic rings. The lowest BCUT2D eigenvalue weighted by Gasteiger charge is -2.28. The van der Waals surface area contributed by atoms with E-state index in [9.17, 15) is 0 Å². The summed E-state index contributed by atoms with van der Waals surface area (Å²) in [5.41, 5.74) is 6.85. The average molecular weight is 253 g/mol. The van der Waals surface area contributed by atoms with Crippen LogP contribution in [0.2, 0.25) is 0 Å². The zero-order valence-corrected chi connectivity index (χ0v) is 11.7. The Morgan fingerprint density at radius 3 is 2.88 bits per heavy atom. The third kappa shape index (κ3) is 3.50. The lowest BCUT2D eigenvalue weighted by atomic mass is 9.94. The van der Waals surface area contributed by atoms with Gasteiger partial charge in [0.1, 0.15) is 0 Å². The average Bonchev–Trinajstić information content (AvgIpc) is 2.80. The van der Waals surface area contributed by atoms with E-state index >= 15 is 0 Å². The van der Waals surface area contributed by atoms with Crippen molar-refractivity contribution in [2.75, 3.05) is 26.7 Å². The molecule has 96 valence electrons. The van der Waals surface area contributed by atoms with Crippen LogP contribution in [0.3, 0.4) is 0 Å². The molecular formula is C13H23N3S. The third-order valence-electron chi connectivity index (χ3n) is 3.73. The van der Waals surface area contributed by atoms with Crippen LogP contribution in [-0.2, 0) is 6.42 Å². The molecule has 17 heavy (non-hydrogen) atoms. The van der Waals surface area contributed by atoms with E-state index in [2.05, 4.69) is 24.3 Å². The van der Waals surface area contributed by atoms with Crippen LogP contribution in [0.25, 0.3) is 0 Å². The fraction of sp³-hybridized carbons (Fsp3) is 0.769. The number of nitrogens with zero attached hydrogens (tertiary/aromatic N) is 2. The number of piperidine rings is 1. The Hall–Kier alpha value is -0.450. The van der Waals surface area contributed by atoms with Gasteiger partial charge in [-0.05, 0) is 38.9 Å². The minimum atomic E-state index is 0.400. The van der Waals surface area contributed by atoms with E-state index in [4.69, 9.17) is 10.7 Å². The Kier molecular flexibility index (Phi) is 4.54. The summed E-state index contributed by atoms with van der Waals surface area (Å²) in [7, 11) is 2.21. The second-order valence-electron chi connectivity index (χ2n) is 5.25. The van der Waals surface area contributed by atoms with Gasteiger partial charge in [0.25, 0.3) is 0 Å². The lowest BCUT2D eigenvalue weighted by molar-refractivity contribution is 0.219. The highest BCUT2D eigenvalue weighted by molar-refractivity contribution is 7.09. The minimum Gasteiger partial charge on any atom is -0.330 e.